The first-order chi connectivity index (χ1) is 25.7. The third-order valence-corrected chi connectivity index (χ3v) is 13.3. The standard InChI is InChI=1S/C37H45ClN6O9S2/c1-7-22-18-37(22,34(46)42-55(50,51)26-12-13-26)44(33(45)31(36(3,4)5)41-24-9-8-10-27(17-24)54(39,48)49)35(47)43-20-25(15-21(43)2)53-32-29-16-23(38)11-14-28(29)30(52-6)19-40-32/h7-11,14,16-17,19,21-22,25-26,31,41H,1,12-13,15,18,20H2,2-6H3,(H,42,46)(H2,39,48,49)/t21?,22-,25-,31+,37-/m1/s1. The molecular weight excluding hydrogens is 772 g/mol. The molecule has 0 bridgehead atoms. The number of nitrogens with two attached hydrogens (primary N) is 1. The summed E-state index contributed by atoms with van der Waals surface area (Å²) in [5.74, 6) is -1.86. The monoisotopic (exact) mass is 816 g/mol. The van der Waals surface area contributed by atoms with Crippen molar-refractivity contribution in [1.29, 1.82) is 0 Å². The third kappa shape index (κ3) is 7.97. The van der Waals surface area contributed by atoms with Crippen LogP contribution in [-0.2, 0) is 29.6 Å². The number of aromatic nitrogens is 1. The maximum Gasteiger partial charge on any atom is 0.328 e. The van der Waals surface area contributed by atoms with Gasteiger partial charge in [-0.15, -0.1) is 6.58 Å². The van der Waals surface area contributed by atoms with Crippen LogP contribution in [0.4, 0.5) is 10.5 Å². The second kappa shape index (κ2) is 14.6. The Morgan fingerprint density at radius 3 is 2.44 bits per heavy atom. The fourth-order valence-electron chi connectivity index (χ4n) is 7.06. The van der Waals surface area contributed by atoms with Gasteiger partial charge in [0.05, 0.1) is 30.0 Å². The topological polar surface area (TPSA) is 207 Å². The quantitative estimate of drug-likeness (QED) is 0.218. The number of imide groups is 1. The summed E-state index contributed by atoms with van der Waals surface area (Å²) in [6.07, 6.45) is 3.36. The number of pyridine rings is 1. The van der Waals surface area contributed by atoms with Crippen molar-refractivity contribution in [2.75, 3.05) is 19.0 Å². The fourth-order valence-corrected chi connectivity index (χ4v) is 9.15. The number of rotatable bonds is 12. The molecule has 296 valence electrons. The molecule has 3 fully saturated rings. The molecule has 1 unspecified atom stereocenters. The van der Waals surface area contributed by atoms with Gasteiger partial charge in [-0.05, 0) is 68.0 Å². The number of ether oxygens (including phenoxy) is 2. The number of sulfonamides is 2. The zero-order chi connectivity index (χ0) is 40.2. The molecule has 5 atom stereocenters. The number of hydrogen-bond donors (Lipinski definition) is 3. The summed E-state index contributed by atoms with van der Waals surface area (Å²) in [7, 11) is -6.68. The number of benzene rings is 2. The Hall–Kier alpha value is -4.45. The molecule has 2 heterocycles. The summed E-state index contributed by atoms with van der Waals surface area (Å²) in [5, 5.41) is 9.45. The summed E-state index contributed by atoms with van der Waals surface area (Å²) in [4.78, 5) is 50.9. The van der Waals surface area contributed by atoms with E-state index in [1.54, 1.807) is 45.9 Å². The molecule has 0 radical (unpaired) electrons. The molecular formula is C37H45ClN6O9S2. The van der Waals surface area contributed by atoms with Crippen LogP contribution in [-0.4, -0.2) is 92.1 Å². The lowest BCUT2D eigenvalue weighted by molar-refractivity contribution is -0.141. The third-order valence-electron chi connectivity index (χ3n) is 10.3. The summed E-state index contributed by atoms with van der Waals surface area (Å²) in [5.41, 5.74) is -2.68. The molecule has 1 aliphatic heterocycles. The van der Waals surface area contributed by atoms with Crippen LogP contribution in [0.1, 0.15) is 53.4 Å². The van der Waals surface area contributed by atoms with Crippen LogP contribution < -0.4 is 24.7 Å². The normalized spacial score (nSPS) is 23.1. The summed E-state index contributed by atoms with van der Waals surface area (Å²) < 4.78 is 64.5. The maximum absolute atomic E-state index is 15.1. The minimum absolute atomic E-state index is 0.0135. The number of amides is 4. The van der Waals surface area contributed by atoms with Gasteiger partial charge in [0.15, 0.2) is 0 Å². The number of nitrogens with zero attached hydrogens (tertiary/aromatic N) is 3. The average molecular weight is 817 g/mol. The molecule has 6 rings (SSSR count). The zero-order valence-corrected chi connectivity index (χ0v) is 33.5. The summed E-state index contributed by atoms with van der Waals surface area (Å²) in [6, 6.07) is 8.15. The Kier molecular flexibility index (Phi) is 10.7. The Morgan fingerprint density at radius 2 is 1.84 bits per heavy atom. The first kappa shape index (κ1) is 40.2. The highest BCUT2D eigenvalue weighted by molar-refractivity contribution is 7.91. The van der Waals surface area contributed by atoms with Crippen LogP contribution in [0.5, 0.6) is 11.6 Å². The highest BCUT2D eigenvalue weighted by Gasteiger charge is 2.68. The highest BCUT2D eigenvalue weighted by Crippen LogP contribution is 2.52. The largest absolute Gasteiger partial charge is 0.494 e. The number of halogens is 1. The second-order valence-corrected chi connectivity index (χ2v) is 19.4. The molecule has 1 aromatic heterocycles. The molecule has 4 amide bonds. The van der Waals surface area contributed by atoms with Crippen LogP contribution in [0.2, 0.25) is 5.02 Å². The first-order valence-corrected chi connectivity index (χ1v) is 21.2. The van der Waals surface area contributed by atoms with Crippen molar-refractivity contribution in [1.82, 2.24) is 19.5 Å². The van der Waals surface area contributed by atoms with Crippen molar-refractivity contribution >= 4 is 66.0 Å². The van der Waals surface area contributed by atoms with E-state index in [1.807, 2.05) is 0 Å². The highest BCUT2D eigenvalue weighted by atomic mass is 35.5. The number of urea groups is 1. The molecule has 2 aliphatic carbocycles. The molecule has 4 N–H and O–H groups in total. The Labute approximate surface area is 325 Å². The van der Waals surface area contributed by atoms with Crippen molar-refractivity contribution < 1.29 is 40.7 Å². The predicted molar refractivity (Wildman–Crippen MR) is 207 cm³/mol. The molecule has 1 saturated heterocycles. The van der Waals surface area contributed by atoms with Gasteiger partial charge in [0.1, 0.15) is 23.4 Å². The molecule has 0 spiro atoms. The minimum Gasteiger partial charge on any atom is -0.494 e. The Bertz CT molecular complexity index is 2280. The van der Waals surface area contributed by atoms with E-state index >= 15 is 9.59 Å². The number of likely N-dealkylation sites (tertiary alicyclic amines) is 1. The van der Waals surface area contributed by atoms with Gasteiger partial charge in [0.25, 0.3) is 11.8 Å². The number of anilines is 1. The molecule has 18 heteroatoms. The number of methoxy groups -OCH3 is 1. The summed E-state index contributed by atoms with van der Waals surface area (Å²) in [6.45, 7) is 10.8. The van der Waals surface area contributed by atoms with Crippen molar-refractivity contribution in [2.45, 2.75) is 87.3 Å². The van der Waals surface area contributed by atoms with Gasteiger partial charge in [-0.1, -0.05) is 44.5 Å². The number of primary sulfonamides is 1. The molecule has 2 saturated carbocycles. The lowest BCUT2D eigenvalue weighted by Gasteiger charge is -2.40. The van der Waals surface area contributed by atoms with E-state index in [2.05, 4.69) is 21.6 Å². The fraction of sp³-hybridized carbons (Fsp3) is 0.459. The molecule has 3 aromatic rings. The Morgan fingerprint density at radius 1 is 1.13 bits per heavy atom. The Balaban J connectivity index is 1.38. The number of carbonyl (C=O) groups excluding carboxylic acids is 3. The summed E-state index contributed by atoms with van der Waals surface area (Å²) >= 11 is 6.32. The van der Waals surface area contributed by atoms with E-state index in [0.717, 1.165) is 4.90 Å². The van der Waals surface area contributed by atoms with E-state index in [-0.39, 0.29) is 29.4 Å². The van der Waals surface area contributed by atoms with E-state index < -0.39 is 78.2 Å². The van der Waals surface area contributed by atoms with Crippen molar-refractivity contribution in [2.24, 2.45) is 16.5 Å². The van der Waals surface area contributed by atoms with Gasteiger partial charge in [0, 0.05) is 39.9 Å². The second-order valence-electron chi connectivity index (χ2n) is 15.4. The van der Waals surface area contributed by atoms with Crippen LogP contribution in [0, 0.1) is 11.3 Å². The van der Waals surface area contributed by atoms with Crippen molar-refractivity contribution in [3.8, 4) is 11.6 Å². The smallest absolute Gasteiger partial charge is 0.328 e. The van der Waals surface area contributed by atoms with Crippen molar-refractivity contribution in [3.05, 3.63) is 66.3 Å². The lowest BCUT2D eigenvalue weighted by atomic mass is 9.85. The SMILES string of the molecule is C=C[C@@H]1C[C@@]1(C(=O)NS(=O)(=O)C1CC1)N(C(=O)[C@H](Nc1cccc(S(N)(=O)=O)c1)C(C)(C)C)C(=O)N1C[C@H](Oc2ncc(OC)c3ccc(Cl)cc23)CC1C. The zero-order valence-electron chi connectivity index (χ0n) is 31.1. The maximum atomic E-state index is 15.1. The predicted octanol–water partition coefficient (Wildman–Crippen LogP) is 4.41. The molecule has 2 aromatic carbocycles. The van der Waals surface area contributed by atoms with Crippen molar-refractivity contribution in [3.63, 3.8) is 0 Å². The number of nitrogens with one attached hydrogen (secondary N) is 2. The molecule has 3 aliphatic rings. The lowest BCUT2D eigenvalue weighted by Crippen LogP contribution is -2.64. The number of hydrogen-bond acceptors (Lipinski definition) is 11. The van der Waals surface area contributed by atoms with E-state index in [1.165, 1.54) is 48.5 Å². The van der Waals surface area contributed by atoms with Crippen LogP contribution in [0.15, 0.2) is 66.2 Å². The van der Waals surface area contributed by atoms with Crippen LogP contribution in [0.3, 0.4) is 0 Å². The van der Waals surface area contributed by atoms with E-state index in [4.69, 9.17) is 26.2 Å². The van der Waals surface area contributed by atoms with Gasteiger partial charge in [-0.3, -0.25) is 14.3 Å². The minimum atomic E-state index is -4.11. The van der Waals surface area contributed by atoms with E-state index in [9.17, 15) is 21.6 Å². The van der Waals surface area contributed by atoms with Gasteiger partial charge < -0.3 is 19.7 Å². The average Bonchev–Trinajstić information content (AvgIpc) is 4.04. The molecule has 15 nitrogen and oxygen atoms in total. The first-order valence-electron chi connectivity index (χ1n) is 17.7. The van der Waals surface area contributed by atoms with E-state index in [0.29, 0.717) is 40.8 Å². The van der Waals surface area contributed by atoms with Gasteiger partial charge in [0.2, 0.25) is 25.9 Å². The number of fused-ring (bicyclic) bond motifs is 1. The van der Waals surface area contributed by atoms with Gasteiger partial charge in [-0.2, -0.15) is 0 Å². The van der Waals surface area contributed by atoms with Crippen LogP contribution >= 0.6 is 11.6 Å². The molecule has 55 heavy (non-hydrogen) atoms. The van der Waals surface area contributed by atoms with Gasteiger partial charge in [-0.25, -0.2) is 36.7 Å². The van der Waals surface area contributed by atoms with Gasteiger partial charge >= 0.3 is 6.03 Å². The van der Waals surface area contributed by atoms with Crippen LogP contribution in [0.25, 0.3) is 10.8 Å². The number of carbonyl (C=O) groups is 3.